The van der Waals surface area contributed by atoms with E-state index < -0.39 is 11.5 Å². The summed E-state index contributed by atoms with van der Waals surface area (Å²) in [4.78, 5) is 0. The quantitative estimate of drug-likeness (QED) is 0.766. The van der Waals surface area contributed by atoms with E-state index in [4.69, 9.17) is 17.3 Å². The van der Waals surface area contributed by atoms with Crippen LogP contribution in [0.3, 0.4) is 0 Å². The second-order valence-electron chi connectivity index (χ2n) is 4.54. The van der Waals surface area contributed by atoms with Crippen molar-refractivity contribution in [2.45, 2.75) is 37.4 Å². The number of benzene rings is 1. The smallest absolute Gasteiger partial charge is 0.149 e. The molecule has 0 aromatic heterocycles. The topological polar surface area (TPSA) is 26.0 Å². The molecular formula is C12H13BrClF2N. The van der Waals surface area contributed by atoms with Crippen LogP contribution in [0.15, 0.2) is 16.6 Å². The lowest BCUT2D eigenvalue weighted by Gasteiger charge is -2.33. The van der Waals surface area contributed by atoms with Crippen LogP contribution in [0, 0.1) is 5.82 Å². The van der Waals surface area contributed by atoms with Crippen LogP contribution < -0.4 is 5.73 Å². The largest absolute Gasteiger partial charge is 0.328 e. The average molecular weight is 325 g/mol. The van der Waals surface area contributed by atoms with E-state index in [1.165, 1.54) is 6.07 Å². The monoisotopic (exact) mass is 323 g/mol. The van der Waals surface area contributed by atoms with E-state index in [2.05, 4.69) is 15.9 Å². The van der Waals surface area contributed by atoms with Gasteiger partial charge in [-0.05, 0) is 41.3 Å². The minimum absolute atomic E-state index is 0.0286. The van der Waals surface area contributed by atoms with Crippen molar-refractivity contribution in [3.63, 3.8) is 0 Å². The van der Waals surface area contributed by atoms with E-state index in [0.717, 1.165) is 6.42 Å². The third-order valence-electron chi connectivity index (χ3n) is 3.25. The molecular weight excluding hydrogens is 311 g/mol. The van der Waals surface area contributed by atoms with Crippen LogP contribution in [0.2, 0.25) is 5.02 Å². The summed E-state index contributed by atoms with van der Waals surface area (Å²) in [6.07, 6.45) is 1.92. The normalized spacial score (nSPS) is 29.4. The van der Waals surface area contributed by atoms with Gasteiger partial charge >= 0.3 is 0 Å². The summed E-state index contributed by atoms with van der Waals surface area (Å²) < 4.78 is 29.1. The van der Waals surface area contributed by atoms with E-state index in [9.17, 15) is 8.78 Å². The van der Waals surface area contributed by atoms with E-state index in [0.29, 0.717) is 17.3 Å². The van der Waals surface area contributed by atoms with Crippen LogP contribution in [0.4, 0.5) is 8.78 Å². The number of nitrogens with two attached hydrogens (primary N) is 1. The Hall–Kier alpha value is -0.190. The fourth-order valence-electron chi connectivity index (χ4n) is 2.38. The Labute approximate surface area is 112 Å². The number of alkyl halides is 1. The SMILES string of the molecule is NC1CCCC(F)(c2ccc(Br)c(Cl)c2F)C1. The van der Waals surface area contributed by atoms with Gasteiger partial charge in [0.25, 0.3) is 0 Å². The van der Waals surface area contributed by atoms with E-state index in [1.54, 1.807) is 6.07 Å². The van der Waals surface area contributed by atoms with Crippen molar-refractivity contribution >= 4 is 27.5 Å². The molecule has 2 atom stereocenters. The van der Waals surface area contributed by atoms with Crippen molar-refractivity contribution < 1.29 is 8.78 Å². The Morgan fingerprint density at radius 2 is 2.18 bits per heavy atom. The van der Waals surface area contributed by atoms with Crippen molar-refractivity contribution in [2.75, 3.05) is 0 Å². The molecule has 0 heterocycles. The lowest BCUT2D eigenvalue weighted by Crippen LogP contribution is -2.36. The van der Waals surface area contributed by atoms with Crippen molar-refractivity contribution in [3.05, 3.63) is 33.0 Å². The number of hydrogen-bond acceptors (Lipinski definition) is 1. The van der Waals surface area contributed by atoms with Crippen LogP contribution in [-0.2, 0) is 5.67 Å². The predicted octanol–water partition coefficient (Wildman–Crippen LogP) is 4.31. The van der Waals surface area contributed by atoms with Gasteiger partial charge in [-0.2, -0.15) is 0 Å². The molecule has 0 spiro atoms. The van der Waals surface area contributed by atoms with Gasteiger partial charge in [0, 0.05) is 22.5 Å². The standard InChI is InChI=1S/C12H13BrClF2N/c13-9-4-3-8(11(15)10(9)14)12(16)5-1-2-7(17)6-12/h3-4,7H,1-2,5-6,17H2. The molecule has 1 aromatic carbocycles. The van der Waals surface area contributed by atoms with Crippen molar-refractivity contribution in [3.8, 4) is 0 Å². The van der Waals surface area contributed by atoms with Crippen LogP contribution in [0.1, 0.15) is 31.2 Å². The number of hydrogen-bond donors (Lipinski definition) is 1. The molecule has 0 aliphatic heterocycles. The molecule has 5 heteroatoms. The third kappa shape index (κ3) is 2.49. The molecule has 0 radical (unpaired) electrons. The van der Waals surface area contributed by atoms with Gasteiger partial charge in [0.05, 0.1) is 5.02 Å². The van der Waals surface area contributed by atoms with Gasteiger partial charge in [-0.3, -0.25) is 0 Å². The summed E-state index contributed by atoms with van der Waals surface area (Å²) in [6, 6.07) is 2.81. The van der Waals surface area contributed by atoms with Gasteiger partial charge in [0.2, 0.25) is 0 Å². The third-order valence-corrected chi connectivity index (χ3v) is 4.51. The average Bonchev–Trinajstić information content (AvgIpc) is 2.25. The van der Waals surface area contributed by atoms with E-state index in [-0.39, 0.29) is 23.0 Å². The highest BCUT2D eigenvalue weighted by Gasteiger charge is 2.39. The van der Waals surface area contributed by atoms with Crippen LogP contribution in [0.5, 0.6) is 0 Å². The molecule has 17 heavy (non-hydrogen) atoms. The maximum Gasteiger partial charge on any atom is 0.149 e. The maximum absolute atomic E-state index is 14.7. The molecule has 2 rings (SSSR count). The fraction of sp³-hybridized carbons (Fsp3) is 0.500. The second kappa shape index (κ2) is 4.82. The summed E-state index contributed by atoms with van der Waals surface area (Å²) in [7, 11) is 0. The molecule has 1 aliphatic carbocycles. The van der Waals surface area contributed by atoms with Crippen molar-refractivity contribution in [2.24, 2.45) is 5.73 Å². The highest BCUT2D eigenvalue weighted by Crippen LogP contribution is 2.43. The summed E-state index contributed by atoms with van der Waals surface area (Å²) in [5, 5.41) is -0.0707. The van der Waals surface area contributed by atoms with Crippen molar-refractivity contribution in [1.29, 1.82) is 0 Å². The minimum Gasteiger partial charge on any atom is -0.328 e. The predicted molar refractivity (Wildman–Crippen MR) is 68.3 cm³/mol. The Morgan fingerprint density at radius 1 is 1.47 bits per heavy atom. The van der Waals surface area contributed by atoms with Crippen LogP contribution in [0.25, 0.3) is 0 Å². The van der Waals surface area contributed by atoms with Gasteiger partial charge in [-0.15, -0.1) is 0 Å². The first kappa shape index (κ1) is 13.2. The summed E-state index contributed by atoms with van der Waals surface area (Å²) >= 11 is 8.90. The Morgan fingerprint density at radius 3 is 2.82 bits per heavy atom. The molecule has 0 saturated heterocycles. The molecule has 1 aliphatic rings. The minimum atomic E-state index is -1.69. The van der Waals surface area contributed by atoms with Gasteiger partial charge in [-0.25, -0.2) is 8.78 Å². The molecule has 2 N–H and O–H groups in total. The van der Waals surface area contributed by atoms with E-state index >= 15 is 0 Å². The Kier molecular flexibility index (Phi) is 3.76. The van der Waals surface area contributed by atoms with Gasteiger partial charge in [0.15, 0.2) is 0 Å². The molecule has 0 amide bonds. The summed E-state index contributed by atoms with van der Waals surface area (Å²) in [6.45, 7) is 0. The fourth-order valence-corrected chi connectivity index (χ4v) is 2.85. The maximum atomic E-state index is 14.7. The van der Waals surface area contributed by atoms with E-state index in [1.807, 2.05) is 0 Å². The first-order chi connectivity index (χ1) is 7.94. The number of rotatable bonds is 1. The van der Waals surface area contributed by atoms with Gasteiger partial charge in [-0.1, -0.05) is 17.7 Å². The first-order valence-electron chi connectivity index (χ1n) is 5.52. The molecule has 0 bridgehead atoms. The highest BCUT2D eigenvalue weighted by atomic mass is 79.9. The summed E-state index contributed by atoms with van der Waals surface area (Å²) in [5.41, 5.74) is 4.10. The zero-order valence-electron chi connectivity index (χ0n) is 9.15. The molecule has 2 unspecified atom stereocenters. The van der Waals surface area contributed by atoms with Crippen molar-refractivity contribution in [1.82, 2.24) is 0 Å². The number of halogens is 4. The lowest BCUT2D eigenvalue weighted by molar-refractivity contribution is 0.0904. The molecule has 1 aromatic rings. The van der Waals surface area contributed by atoms with Crippen LogP contribution >= 0.6 is 27.5 Å². The second-order valence-corrected chi connectivity index (χ2v) is 5.78. The van der Waals surface area contributed by atoms with Gasteiger partial charge < -0.3 is 5.73 Å². The first-order valence-corrected chi connectivity index (χ1v) is 6.69. The van der Waals surface area contributed by atoms with Gasteiger partial charge in [0.1, 0.15) is 11.5 Å². The molecule has 1 saturated carbocycles. The zero-order valence-corrected chi connectivity index (χ0v) is 11.5. The molecule has 1 nitrogen and oxygen atoms in total. The molecule has 94 valence electrons. The lowest BCUT2D eigenvalue weighted by atomic mass is 9.79. The highest BCUT2D eigenvalue weighted by molar-refractivity contribution is 9.10. The van der Waals surface area contributed by atoms with Crippen LogP contribution in [-0.4, -0.2) is 6.04 Å². The molecule has 1 fully saturated rings. The Balaban J connectivity index is 2.42. The summed E-state index contributed by atoms with van der Waals surface area (Å²) in [5.74, 6) is -0.683. The zero-order chi connectivity index (χ0) is 12.6. The Bertz CT molecular complexity index is 441.